The lowest BCUT2D eigenvalue weighted by Gasteiger charge is -1.99. The van der Waals surface area contributed by atoms with Gasteiger partial charge in [0.05, 0.1) is 5.69 Å². The second-order valence-electron chi connectivity index (χ2n) is 3.97. The highest BCUT2D eigenvalue weighted by atomic mass is 35.5. The molecule has 102 valence electrons. The highest BCUT2D eigenvalue weighted by Gasteiger charge is 2.14. The van der Waals surface area contributed by atoms with E-state index in [4.69, 9.17) is 9.47 Å². The second-order valence-corrected chi connectivity index (χ2v) is 4.92. The minimum atomic E-state index is 0. The molecule has 0 fully saturated rings. The lowest BCUT2D eigenvalue weighted by atomic mass is 10.1. The van der Waals surface area contributed by atoms with Crippen LogP contribution in [0.2, 0.25) is 0 Å². The van der Waals surface area contributed by atoms with E-state index in [2.05, 4.69) is 22.6 Å². The molecule has 0 spiro atoms. The minimum Gasteiger partial charge on any atom is -0.454 e. The highest BCUT2D eigenvalue weighted by molar-refractivity contribution is 7.09. The topological polar surface area (TPSA) is 43.4 Å². The average molecular weight is 299 g/mol. The fraction of sp³-hybridized carbons (Fsp3) is 0.308. The van der Waals surface area contributed by atoms with Crippen molar-refractivity contribution in [3.63, 3.8) is 0 Å². The van der Waals surface area contributed by atoms with Crippen LogP contribution in [0.3, 0.4) is 0 Å². The van der Waals surface area contributed by atoms with Crippen LogP contribution >= 0.6 is 23.7 Å². The molecule has 0 atom stereocenters. The van der Waals surface area contributed by atoms with Crippen molar-refractivity contribution < 1.29 is 9.47 Å². The molecule has 1 N–H and O–H groups in total. The smallest absolute Gasteiger partial charge is 0.231 e. The summed E-state index contributed by atoms with van der Waals surface area (Å²) in [6.45, 7) is 4.18. The van der Waals surface area contributed by atoms with Crippen LogP contribution in [-0.2, 0) is 6.54 Å². The van der Waals surface area contributed by atoms with Crippen molar-refractivity contribution in [3.05, 3.63) is 28.6 Å². The van der Waals surface area contributed by atoms with Gasteiger partial charge in [-0.2, -0.15) is 0 Å². The predicted octanol–water partition coefficient (Wildman–Crippen LogP) is 3.07. The Morgan fingerprint density at radius 1 is 1.32 bits per heavy atom. The summed E-state index contributed by atoms with van der Waals surface area (Å²) < 4.78 is 10.7. The first kappa shape index (κ1) is 14.1. The summed E-state index contributed by atoms with van der Waals surface area (Å²) in [5, 5.41) is 6.45. The van der Waals surface area contributed by atoms with Crippen molar-refractivity contribution in [2.45, 2.75) is 13.5 Å². The number of aromatic nitrogens is 1. The van der Waals surface area contributed by atoms with Crippen LogP contribution in [0.1, 0.15) is 11.9 Å². The molecule has 0 saturated carbocycles. The van der Waals surface area contributed by atoms with E-state index in [9.17, 15) is 0 Å². The van der Waals surface area contributed by atoms with Crippen molar-refractivity contribution in [3.8, 4) is 22.8 Å². The maximum absolute atomic E-state index is 5.37. The number of hydrogen-bond acceptors (Lipinski definition) is 5. The Bertz CT molecular complexity index is 559. The van der Waals surface area contributed by atoms with E-state index in [1.54, 1.807) is 11.3 Å². The van der Waals surface area contributed by atoms with Gasteiger partial charge in [-0.3, -0.25) is 0 Å². The van der Waals surface area contributed by atoms with Crippen LogP contribution in [0.4, 0.5) is 0 Å². The Hall–Kier alpha value is -1.30. The Kier molecular flexibility index (Phi) is 4.63. The van der Waals surface area contributed by atoms with E-state index in [0.29, 0.717) is 6.79 Å². The molecule has 19 heavy (non-hydrogen) atoms. The monoisotopic (exact) mass is 298 g/mol. The molecular weight excluding hydrogens is 284 g/mol. The number of nitrogens with one attached hydrogen (secondary N) is 1. The molecule has 6 heteroatoms. The van der Waals surface area contributed by atoms with E-state index >= 15 is 0 Å². The molecule has 4 nitrogen and oxygen atoms in total. The van der Waals surface area contributed by atoms with E-state index in [1.807, 2.05) is 18.2 Å². The third-order valence-electron chi connectivity index (χ3n) is 2.75. The SMILES string of the molecule is CCNCc1nc(-c2ccc3c(c2)OCO3)cs1.Cl. The molecule has 2 aromatic rings. The molecule has 2 heterocycles. The van der Waals surface area contributed by atoms with E-state index < -0.39 is 0 Å². The summed E-state index contributed by atoms with van der Waals surface area (Å²) in [5.74, 6) is 1.61. The van der Waals surface area contributed by atoms with Gasteiger partial charge in [0.2, 0.25) is 6.79 Å². The zero-order valence-corrected chi connectivity index (χ0v) is 12.1. The van der Waals surface area contributed by atoms with Crippen molar-refractivity contribution in [2.24, 2.45) is 0 Å². The van der Waals surface area contributed by atoms with Crippen LogP contribution in [0.5, 0.6) is 11.5 Å². The molecule has 0 amide bonds. The zero-order chi connectivity index (χ0) is 12.4. The number of nitrogens with zero attached hydrogens (tertiary/aromatic N) is 1. The van der Waals surface area contributed by atoms with Gasteiger partial charge >= 0.3 is 0 Å². The van der Waals surface area contributed by atoms with Gasteiger partial charge in [0, 0.05) is 17.5 Å². The van der Waals surface area contributed by atoms with Gasteiger partial charge in [0.25, 0.3) is 0 Å². The second kappa shape index (κ2) is 6.23. The first-order chi connectivity index (χ1) is 8.86. The summed E-state index contributed by atoms with van der Waals surface area (Å²) in [7, 11) is 0. The predicted molar refractivity (Wildman–Crippen MR) is 78.3 cm³/mol. The Balaban J connectivity index is 0.00000133. The zero-order valence-electron chi connectivity index (χ0n) is 10.5. The molecular formula is C13H15ClN2O2S. The van der Waals surface area contributed by atoms with Crippen LogP contribution in [0, 0.1) is 0 Å². The van der Waals surface area contributed by atoms with Gasteiger partial charge in [-0.25, -0.2) is 4.98 Å². The number of fused-ring (bicyclic) bond motifs is 1. The molecule has 1 aromatic carbocycles. The van der Waals surface area contributed by atoms with E-state index in [-0.39, 0.29) is 12.4 Å². The number of ether oxygens (including phenoxy) is 2. The summed E-state index contributed by atoms with van der Waals surface area (Å²) in [4.78, 5) is 4.60. The van der Waals surface area contributed by atoms with Crippen molar-refractivity contribution >= 4 is 23.7 Å². The van der Waals surface area contributed by atoms with E-state index in [0.717, 1.165) is 40.9 Å². The first-order valence-corrected chi connectivity index (χ1v) is 6.80. The number of hydrogen-bond donors (Lipinski definition) is 1. The summed E-state index contributed by atoms with van der Waals surface area (Å²) in [6.07, 6.45) is 0. The minimum absolute atomic E-state index is 0. The molecule has 0 unspecified atom stereocenters. The fourth-order valence-corrected chi connectivity index (χ4v) is 2.59. The molecule has 0 radical (unpaired) electrons. The number of halogens is 1. The molecule has 1 aromatic heterocycles. The van der Waals surface area contributed by atoms with Crippen molar-refractivity contribution in [1.29, 1.82) is 0 Å². The van der Waals surface area contributed by atoms with Gasteiger partial charge in [0.15, 0.2) is 11.5 Å². The van der Waals surface area contributed by atoms with Crippen molar-refractivity contribution in [1.82, 2.24) is 10.3 Å². The molecule has 0 aliphatic carbocycles. The summed E-state index contributed by atoms with van der Waals surface area (Å²) >= 11 is 1.67. The summed E-state index contributed by atoms with van der Waals surface area (Å²) in [6, 6.07) is 5.93. The molecule has 1 aliphatic heterocycles. The average Bonchev–Trinajstić information content (AvgIpc) is 3.04. The molecule has 0 bridgehead atoms. The van der Waals surface area contributed by atoms with Crippen LogP contribution < -0.4 is 14.8 Å². The van der Waals surface area contributed by atoms with Crippen molar-refractivity contribution in [2.75, 3.05) is 13.3 Å². The number of benzene rings is 1. The van der Waals surface area contributed by atoms with Crippen LogP contribution in [0.15, 0.2) is 23.6 Å². The Labute approximate surface area is 122 Å². The Morgan fingerprint density at radius 2 is 2.16 bits per heavy atom. The molecule has 1 aliphatic rings. The number of thiazole rings is 1. The van der Waals surface area contributed by atoms with Gasteiger partial charge in [-0.15, -0.1) is 23.7 Å². The standard InChI is InChI=1S/C13H14N2O2S.ClH/c1-2-14-6-13-15-10(7-18-13)9-3-4-11-12(5-9)17-8-16-11;/h3-5,7,14H,2,6,8H2,1H3;1H. The largest absolute Gasteiger partial charge is 0.454 e. The maximum Gasteiger partial charge on any atom is 0.231 e. The third kappa shape index (κ3) is 3.00. The highest BCUT2D eigenvalue weighted by Crippen LogP contribution is 2.36. The summed E-state index contributed by atoms with van der Waals surface area (Å²) in [5.41, 5.74) is 2.06. The quantitative estimate of drug-likeness (QED) is 0.942. The van der Waals surface area contributed by atoms with Crippen LogP contribution in [0.25, 0.3) is 11.3 Å². The lowest BCUT2D eigenvalue weighted by Crippen LogP contribution is -2.11. The molecule has 3 rings (SSSR count). The van der Waals surface area contributed by atoms with Gasteiger partial charge in [-0.1, -0.05) is 6.92 Å². The Morgan fingerprint density at radius 3 is 3.00 bits per heavy atom. The van der Waals surface area contributed by atoms with Crippen LogP contribution in [-0.4, -0.2) is 18.3 Å². The number of rotatable bonds is 4. The first-order valence-electron chi connectivity index (χ1n) is 5.92. The van der Waals surface area contributed by atoms with Gasteiger partial charge < -0.3 is 14.8 Å². The van der Waals surface area contributed by atoms with Gasteiger partial charge in [-0.05, 0) is 24.7 Å². The van der Waals surface area contributed by atoms with E-state index in [1.165, 1.54) is 0 Å². The molecule has 0 saturated heterocycles. The normalized spacial score (nSPS) is 12.3. The third-order valence-corrected chi connectivity index (χ3v) is 3.60. The maximum atomic E-state index is 5.37. The fourth-order valence-electron chi connectivity index (χ4n) is 1.81. The van der Waals surface area contributed by atoms with Gasteiger partial charge in [0.1, 0.15) is 5.01 Å². The lowest BCUT2D eigenvalue weighted by molar-refractivity contribution is 0.174.